The van der Waals surface area contributed by atoms with Gasteiger partial charge < -0.3 is 10.1 Å². The Balaban J connectivity index is 1.56. The number of sulfonamides is 1. The summed E-state index contributed by atoms with van der Waals surface area (Å²) in [7, 11) is -2.15. The number of aromatic nitrogens is 2. The minimum Gasteiger partial charge on any atom is -0.481 e. The third-order valence-corrected chi connectivity index (χ3v) is 7.01. The van der Waals surface area contributed by atoms with Crippen molar-refractivity contribution in [1.29, 1.82) is 0 Å². The van der Waals surface area contributed by atoms with E-state index in [2.05, 4.69) is 33.9 Å². The van der Waals surface area contributed by atoms with Gasteiger partial charge in [0.2, 0.25) is 15.9 Å². The SMILES string of the molecule is COc1ccc(C)c(CNS(=O)(=O)c2ccc(NCCC(C)(C)C3CC3)nc2)n1. The average molecular weight is 419 g/mol. The van der Waals surface area contributed by atoms with E-state index < -0.39 is 10.0 Å². The van der Waals surface area contributed by atoms with E-state index in [9.17, 15) is 8.42 Å². The van der Waals surface area contributed by atoms with E-state index in [4.69, 9.17) is 4.74 Å². The van der Waals surface area contributed by atoms with Crippen molar-refractivity contribution < 1.29 is 13.2 Å². The maximum atomic E-state index is 12.6. The van der Waals surface area contributed by atoms with Crippen LogP contribution in [0.3, 0.4) is 0 Å². The quantitative estimate of drug-likeness (QED) is 0.613. The van der Waals surface area contributed by atoms with Gasteiger partial charge in [-0.3, -0.25) is 0 Å². The lowest BCUT2D eigenvalue weighted by molar-refractivity contribution is 0.292. The van der Waals surface area contributed by atoms with Gasteiger partial charge in [0.15, 0.2) is 0 Å². The molecule has 2 heterocycles. The molecule has 2 aromatic heterocycles. The highest BCUT2D eigenvalue weighted by Gasteiger charge is 2.36. The second-order valence-corrected chi connectivity index (χ2v) is 10.0. The fourth-order valence-electron chi connectivity index (χ4n) is 3.32. The van der Waals surface area contributed by atoms with Crippen molar-refractivity contribution >= 4 is 15.8 Å². The smallest absolute Gasteiger partial charge is 0.242 e. The largest absolute Gasteiger partial charge is 0.481 e. The molecule has 3 rings (SSSR count). The monoisotopic (exact) mass is 418 g/mol. The summed E-state index contributed by atoms with van der Waals surface area (Å²) < 4.78 is 32.8. The Morgan fingerprint density at radius 1 is 1.21 bits per heavy atom. The first-order valence-corrected chi connectivity index (χ1v) is 11.4. The molecular weight excluding hydrogens is 388 g/mol. The second kappa shape index (κ2) is 8.67. The van der Waals surface area contributed by atoms with Crippen LogP contribution in [0.5, 0.6) is 5.88 Å². The molecular formula is C21H30N4O3S. The minimum atomic E-state index is -3.68. The summed E-state index contributed by atoms with van der Waals surface area (Å²) in [5, 5.41) is 3.29. The predicted molar refractivity (Wildman–Crippen MR) is 113 cm³/mol. The molecule has 1 aliphatic carbocycles. The molecule has 0 radical (unpaired) electrons. The van der Waals surface area contributed by atoms with Gasteiger partial charge in [0.25, 0.3) is 0 Å². The van der Waals surface area contributed by atoms with E-state index in [0.29, 0.717) is 22.8 Å². The molecule has 0 aromatic carbocycles. The molecule has 158 valence electrons. The number of rotatable bonds is 10. The highest BCUT2D eigenvalue weighted by Crippen LogP contribution is 2.47. The fraction of sp³-hybridized carbons (Fsp3) is 0.524. The Labute approximate surface area is 173 Å². The molecule has 0 unspecified atom stereocenters. The van der Waals surface area contributed by atoms with Gasteiger partial charge in [-0.05, 0) is 55.2 Å². The normalized spacial score (nSPS) is 14.6. The zero-order valence-corrected chi connectivity index (χ0v) is 18.3. The molecule has 0 amide bonds. The number of aryl methyl sites for hydroxylation is 1. The van der Waals surface area contributed by atoms with Crippen LogP contribution in [0.2, 0.25) is 0 Å². The number of ether oxygens (including phenoxy) is 1. The van der Waals surface area contributed by atoms with Crippen molar-refractivity contribution in [2.45, 2.75) is 51.5 Å². The zero-order valence-electron chi connectivity index (χ0n) is 17.5. The lowest BCUT2D eigenvalue weighted by atomic mass is 9.84. The molecule has 0 bridgehead atoms. The van der Waals surface area contributed by atoms with Crippen LogP contribution in [-0.2, 0) is 16.6 Å². The Morgan fingerprint density at radius 2 is 1.97 bits per heavy atom. The van der Waals surface area contributed by atoms with Crippen LogP contribution < -0.4 is 14.8 Å². The van der Waals surface area contributed by atoms with Crippen molar-refractivity contribution in [2.75, 3.05) is 19.0 Å². The van der Waals surface area contributed by atoms with E-state index in [1.807, 2.05) is 13.0 Å². The number of pyridine rings is 2. The highest BCUT2D eigenvalue weighted by atomic mass is 32.2. The first-order valence-electron chi connectivity index (χ1n) is 9.91. The fourth-order valence-corrected chi connectivity index (χ4v) is 4.25. The third kappa shape index (κ3) is 5.67. The van der Waals surface area contributed by atoms with E-state index in [0.717, 1.165) is 24.4 Å². The van der Waals surface area contributed by atoms with E-state index in [1.54, 1.807) is 18.2 Å². The molecule has 1 saturated carbocycles. The Kier molecular flexibility index (Phi) is 6.43. The van der Waals surface area contributed by atoms with Crippen molar-refractivity contribution in [3.8, 4) is 5.88 Å². The van der Waals surface area contributed by atoms with Crippen LogP contribution in [0.1, 0.15) is 44.4 Å². The summed E-state index contributed by atoms with van der Waals surface area (Å²) >= 11 is 0. The molecule has 2 aromatic rings. The van der Waals surface area contributed by atoms with Crippen LogP contribution >= 0.6 is 0 Å². The third-order valence-electron chi connectivity index (χ3n) is 5.62. The van der Waals surface area contributed by atoms with Gasteiger partial charge >= 0.3 is 0 Å². The topological polar surface area (TPSA) is 93.2 Å². The summed E-state index contributed by atoms with van der Waals surface area (Å²) in [5.74, 6) is 1.96. The van der Waals surface area contributed by atoms with Gasteiger partial charge in [0.1, 0.15) is 10.7 Å². The van der Waals surface area contributed by atoms with Crippen molar-refractivity contribution in [3.63, 3.8) is 0 Å². The lowest BCUT2D eigenvalue weighted by Gasteiger charge is -2.24. The van der Waals surface area contributed by atoms with E-state index in [1.165, 1.54) is 26.1 Å². The second-order valence-electron chi connectivity index (χ2n) is 8.26. The number of hydrogen-bond acceptors (Lipinski definition) is 6. The Bertz CT molecular complexity index is 939. The summed E-state index contributed by atoms with van der Waals surface area (Å²) in [6.45, 7) is 7.39. The van der Waals surface area contributed by atoms with Crippen molar-refractivity contribution in [1.82, 2.24) is 14.7 Å². The predicted octanol–water partition coefficient (Wildman–Crippen LogP) is 3.51. The average Bonchev–Trinajstić information content (AvgIpc) is 3.54. The summed E-state index contributed by atoms with van der Waals surface area (Å²) in [6, 6.07) is 6.86. The summed E-state index contributed by atoms with van der Waals surface area (Å²) in [5.41, 5.74) is 1.85. The Morgan fingerprint density at radius 3 is 2.59 bits per heavy atom. The number of hydrogen-bond donors (Lipinski definition) is 2. The molecule has 1 aliphatic rings. The molecule has 7 nitrogen and oxygen atoms in total. The van der Waals surface area contributed by atoms with E-state index in [-0.39, 0.29) is 11.4 Å². The maximum absolute atomic E-state index is 12.6. The maximum Gasteiger partial charge on any atom is 0.242 e. The molecule has 8 heteroatoms. The molecule has 0 aliphatic heterocycles. The molecule has 29 heavy (non-hydrogen) atoms. The van der Waals surface area contributed by atoms with Crippen molar-refractivity contribution in [3.05, 3.63) is 41.7 Å². The van der Waals surface area contributed by atoms with Crippen LogP contribution in [-0.4, -0.2) is 32.0 Å². The van der Waals surface area contributed by atoms with Gasteiger partial charge in [-0.1, -0.05) is 19.9 Å². The van der Waals surface area contributed by atoms with Gasteiger partial charge in [-0.2, -0.15) is 0 Å². The van der Waals surface area contributed by atoms with Crippen molar-refractivity contribution in [2.24, 2.45) is 11.3 Å². The zero-order chi connectivity index (χ0) is 21.1. The minimum absolute atomic E-state index is 0.0849. The highest BCUT2D eigenvalue weighted by molar-refractivity contribution is 7.89. The summed E-state index contributed by atoms with van der Waals surface area (Å²) in [6.07, 6.45) is 5.10. The number of anilines is 1. The first-order chi connectivity index (χ1) is 13.7. The number of nitrogens with zero attached hydrogens (tertiary/aromatic N) is 2. The van der Waals surface area contributed by atoms with Crippen LogP contribution in [0.15, 0.2) is 35.4 Å². The Hall–Kier alpha value is -2.19. The molecule has 1 fully saturated rings. The van der Waals surface area contributed by atoms with Crippen LogP contribution in [0.25, 0.3) is 0 Å². The molecule has 0 saturated heterocycles. The first kappa shape index (κ1) is 21.5. The van der Waals surface area contributed by atoms with Gasteiger partial charge in [0, 0.05) is 18.8 Å². The summed E-state index contributed by atoms with van der Waals surface area (Å²) in [4.78, 5) is 8.68. The number of methoxy groups -OCH3 is 1. The van der Waals surface area contributed by atoms with Gasteiger partial charge in [0.05, 0.1) is 19.3 Å². The lowest BCUT2D eigenvalue weighted by Crippen LogP contribution is -2.24. The van der Waals surface area contributed by atoms with Crippen LogP contribution in [0.4, 0.5) is 5.82 Å². The van der Waals surface area contributed by atoms with Gasteiger partial charge in [-0.15, -0.1) is 0 Å². The molecule has 0 atom stereocenters. The number of nitrogens with one attached hydrogen (secondary N) is 2. The van der Waals surface area contributed by atoms with E-state index >= 15 is 0 Å². The molecule has 2 N–H and O–H groups in total. The van der Waals surface area contributed by atoms with Gasteiger partial charge in [-0.25, -0.2) is 23.1 Å². The standard InChI is InChI=1S/C21H30N4O3S/c1-15-5-10-20(28-4)25-18(15)14-24-29(26,27)17-8-9-19(23-13-17)22-12-11-21(2,3)16-6-7-16/h5,8-10,13,16,24H,6-7,11-12,14H2,1-4H3,(H,22,23). The van der Waals surface area contributed by atoms with Crippen LogP contribution in [0, 0.1) is 18.3 Å². The molecule has 0 spiro atoms.